The number of hydrogen-bond acceptors (Lipinski definition) is 3. The van der Waals surface area contributed by atoms with E-state index in [1.165, 1.54) is 64.7 Å². The number of nitrogens with zero attached hydrogens (tertiary/aromatic N) is 2. The van der Waals surface area contributed by atoms with Gasteiger partial charge in [-0.3, -0.25) is 9.80 Å². The van der Waals surface area contributed by atoms with Crippen LogP contribution in [0.1, 0.15) is 38.5 Å². The van der Waals surface area contributed by atoms with E-state index in [1.807, 2.05) is 0 Å². The van der Waals surface area contributed by atoms with E-state index in [4.69, 9.17) is 5.73 Å². The number of hydrogen-bond donors (Lipinski definition) is 1. The molecule has 3 atom stereocenters. The molecule has 16 heavy (non-hydrogen) atoms. The van der Waals surface area contributed by atoms with E-state index < -0.39 is 0 Å². The van der Waals surface area contributed by atoms with E-state index in [9.17, 15) is 0 Å². The van der Waals surface area contributed by atoms with Crippen LogP contribution < -0.4 is 5.73 Å². The summed E-state index contributed by atoms with van der Waals surface area (Å²) in [5.74, 6) is 0. The molecular formula is C13H25N3. The van der Waals surface area contributed by atoms with Crippen molar-refractivity contribution in [2.45, 2.75) is 56.7 Å². The Hall–Kier alpha value is -0.120. The van der Waals surface area contributed by atoms with E-state index >= 15 is 0 Å². The number of fused-ring (bicyclic) bond motifs is 1. The highest BCUT2D eigenvalue weighted by Gasteiger charge is 2.34. The maximum absolute atomic E-state index is 6.03. The van der Waals surface area contributed by atoms with Crippen molar-refractivity contribution in [1.29, 1.82) is 0 Å². The Balaban J connectivity index is 1.58. The third-order valence-electron chi connectivity index (χ3n) is 4.83. The Kier molecular flexibility index (Phi) is 3.18. The van der Waals surface area contributed by atoms with Crippen LogP contribution in [0.15, 0.2) is 0 Å². The summed E-state index contributed by atoms with van der Waals surface area (Å²) in [6.45, 7) is 5.25. The molecule has 1 saturated carbocycles. The fraction of sp³-hybridized carbons (Fsp3) is 1.00. The lowest BCUT2D eigenvalue weighted by Crippen LogP contribution is -2.56. The van der Waals surface area contributed by atoms with Crippen molar-refractivity contribution < 1.29 is 0 Å². The summed E-state index contributed by atoms with van der Waals surface area (Å²) in [5, 5.41) is 0. The zero-order valence-corrected chi connectivity index (χ0v) is 10.3. The molecule has 2 heterocycles. The van der Waals surface area contributed by atoms with Crippen LogP contribution in [0, 0.1) is 0 Å². The largest absolute Gasteiger partial charge is 0.328 e. The van der Waals surface area contributed by atoms with E-state index in [0.29, 0.717) is 6.04 Å². The summed E-state index contributed by atoms with van der Waals surface area (Å²) < 4.78 is 0. The van der Waals surface area contributed by atoms with E-state index in [0.717, 1.165) is 12.1 Å². The summed E-state index contributed by atoms with van der Waals surface area (Å²) in [7, 11) is 0. The van der Waals surface area contributed by atoms with Gasteiger partial charge in [-0.2, -0.15) is 0 Å². The van der Waals surface area contributed by atoms with Crippen molar-refractivity contribution in [3.05, 3.63) is 0 Å². The molecule has 2 saturated heterocycles. The Labute approximate surface area is 99.0 Å². The van der Waals surface area contributed by atoms with Gasteiger partial charge in [-0.1, -0.05) is 6.42 Å². The zero-order valence-electron chi connectivity index (χ0n) is 10.3. The van der Waals surface area contributed by atoms with Gasteiger partial charge < -0.3 is 5.73 Å². The summed E-state index contributed by atoms with van der Waals surface area (Å²) in [6.07, 6.45) is 8.12. The summed E-state index contributed by atoms with van der Waals surface area (Å²) in [5.41, 5.74) is 6.03. The van der Waals surface area contributed by atoms with E-state index in [-0.39, 0.29) is 0 Å². The number of rotatable bonds is 1. The van der Waals surface area contributed by atoms with Crippen LogP contribution in [0.4, 0.5) is 0 Å². The van der Waals surface area contributed by atoms with Gasteiger partial charge in [0.15, 0.2) is 0 Å². The van der Waals surface area contributed by atoms with Gasteiger partial charge in [0, 0.05) is 37.8 Å². The Morgan fingerprint density at radius 2 is 1.69 bits per heavy atom. The van der Waals surface area contributed by atoms with E-state index in [2.05, 4.69) is 9.80 Å². The predicted octanol–water partition coefficient (Wildman–Crippen LogP) is 1.04. The third-order valence-corrected chi connectivity index (χ3v) is 4.83. The van der Waals surface area contributed by atoms with Gasteiger partial charge in [0.25, 0.3) is 0 Å². The van der Waals surface area contributed by atoms with E-state index in [1.54, 1.807) is 0 Å². The Bertz CT molecular complexity index is 243. The average Bonchev–Trinajstić information content (AvgIpc) is 2.75. The van der Waals surface area contributed by atoms with Gasteiger partial charge in [-0.05, 0) is 38.6 Å². The van der Waals surface area contributed by atoms with Gasteiger partial charge in [0.05, 0.1) is 0 Å². The first-order chi connectivity index (χ1) is 7.83. The van der Waals surface area contributed by atoms with Crippen molar-refractivity contribution >= 4 is 0 Å². The lowest BCUT2D eigenvalue weighted by Gasteiger charge is -2.46. The summed E-state index contributed by atoms with van der Waals surface area (Å²) >= 11 is 0. The lowest BCUT2D eigenvalue weighted by atomic mass is 9.98. The maximum Gasteiger partial charge on any atom is 0.0223 e. The molecule has 3 aliphatic rings. The van der Waals surface area contributed by atoms with Crippen molar-refractivity contribution in [1.82, 2.24) is 9.80 Å². The minimum atomic E-state index is 0.481. The van der Waals surface area contributed by atoms with Crippen LogP contribution >= 0.6 is 0 Å². The monoisotopic (exact) mass is 223 g/mol. The van der Waals surface area contributed by atoms with Crippen LogP contribution in [0.25, 0.3) is 0 Å². The van der Waals surface area contributed by atoms with Crippen LogP contribution in [0.5, 0.6) is 0 Å². The number of nitrogens with two attached hydrogens (primary N) is 1. The first kappa shape index (κ1) is 11.0. The standard InChI is InChI=1S/C13H25N3/c14-11-4-5-12(9-11)16-8-7-15-6-2-1-3-13(15)10-16/h11-13H,1-10,14H2. The maximum atomic E-state index is 6.03. The fourth-order valence-electron chi connectivity index (χ4n) is 3.83. The molecule has 3 nitrogen and oxygen atoms in total. The molecule has 0 spiro atoms. The zero-order chi connectivity index (χ0) is 11.0. The molecule has 92 valence electrons. The first-order valence-electron chi connectivity index (χ1n) is 7.06. The molecule has 0 bridgehead atoms. The van der Waals surface area contributed by atoms with Gasteiger partial charge >= 0.3 is 0 Å². The highest BCUT2D eigenvalue weighted by molar-refractivity contribution is 4.91. The topological polar surface area (TPSA) is 32.5 Å². The highest BCUT2D eigenvalue weighted by atomic mass is 15.3. The molecule has 0 aromatic heterocycles. The van der Waals surface area contributed by atoms with Gasteiger partial charge in [0.1, 0.15) is 0 Å². The molecule has 0 aromatic carbocycles. The predicted molar refractivity (Wildman–Crippen MR) is 66.4 cm³/mol. The van der Waals surface area contributed by atoms with Gasteiger partial charge in [-0.25, -0.2) is 0 Å². The second-order valence-electron chi connectivity index (χ2n) is 5.91. The molecule has 3 heteroatoms. The van der Waals surface area contributed by atoms with Crippen molar-refractivity contribution in [3.8, 4) is 0 Å². The van der Waals surface area contributed by atoms with Crippen LogP contribution in [0.2, 0.25) is 0 Å². The van der Waals surface area contributed by atoms with Gasteiger partial charge in [0.2, 0.25) is 0 Å². The second-order valence-corrected chi connectivity index (χ2v) is 5.91. The van der Waals surface area contributed by atoms with Crippen LogP contribution in [-0.2, 0) is 0 Å². The first-order valence-corrected chi connectivity index (χ1v) is 7.06. The van der Waals surface area contributed by atoms with Crippen LogP contribution in [-0.4, -0.2) is 54.1 Å². The minimum Gasteiger partial charge on any atom is -0.328 e. The molecule has 3 rings (SSSR count). The SMILES string of the molecule is NC1CCC(N2CCN3CCCCC3C2)C1. The molecule has 0 aromatic rings. The van der Waals surface area contributed by atoms with Crippen molar-refractivity contribution in [3.63, 3.8) is 0 Å². The third kappa shape index (κ3) is 2.13. The molecule has 0 amide bonds. The van der Waals surface area contributed by atoms with Crippen molar-refractivity contribution in [2.75, 3.05) is 26.2 Å². The molecular weight excluding hydrogens is 198 g/mol. The smallest absolute Gasteiger partial charge is 0.0223 e. The number of piperazine rings is 1. The Morgan fingerprint density at radius 3 is 2.50 bits per heavy atom. The molecule has 3 unspecified atom stereocenters. The highest BCUT2D eigenvalue weighted by Crippen LogP contribution is 2.27. The minimum absolute atomic E-state index is 0.481. The van der Waals surface area contributed by atoms with Crippen LogP contribution in [0.3, 0.4) is 0 Å². The molecule has 1 aliphatic carbocycles. The fourth-order valence-corrected chi connectivity index (χ4v) is 3.83. The molecule has 3 fully saturated rings. The summed E-state index contributed by atoms with van der Waals surface area (Å²) in [6, 6.07) is 2.15. The average molecular weight is 223 g/mol. The Morgan fingerprint density at radius 1 is 0.812 bits per heavy atom. The molecule has 2 N–H and O–H groups in total. The lowest BCUT2D eigenvalue weighted by molar-refractivity contribution is 0.0284. The quantitative estimate of drug-likeness (QED) is 0.721. The normalized spacial score (nSPS) is 42.2. The molecule has 0 radical (unpaired) electrons. The second kappa shape index (κ2) is 4.63. The summed E-state index contributed by atoms with van der Waals surface area (Å²) in [4.78, 5) is 5.45. The number of piperidine rings is 1. The molecule has 2 aliphatic heterocycles. The van der Waals surface area contributed by atoms with Crippen molar-refractivity contribution in [2.24, 2.45) is 5.73 Å². The van der Waals surface area contributed by atoms with Gasteiger partial charge in [-0.15, -0.1) is 0 Å².